The highest BCUT2D eigenvalue weighted by molar-refractivity contribution is 7.87. The summed E-state index contributed by atoms with van der Waals surface area (Å²) < 4.78 is 29.1. The zero-order chi connectivity index (χ0) is 13.2. The molecular formula is C12H25N3O2S. The Balaban J connectivity index is 1.97. The minimum atomic E-state index is -3.31. The van der Waals surface area contributed by atoms with Gasteiger partial charge in [0.2, 0.25) is 0 Å². The van der Waals surface area contributed by atoms with Gasteiger partial charge in [-0.15, -0.1) is 0 Å². The molecule has 0 spiro atoms. The van der Waals surface area contributed by atoms with Gasteiger partial charge >= 0.3 is 0 Å². The minimum Gasteiger partial charge on any atom is -0.313 e. The van der Waals surface area contributed by atoms with Gasteiger partial charge in [0, 0.05) is 25.2 Å². The molecule has 0 radical (unpaired) electrons. The average Bonchev–Trinajstić information content (AvgIpc) is 2.32. The van der Waals surface area contributed by atoms with Crippen molar-refractivity contribution >= 4 is 10.2 Å². The third kappa shape index (κ3) is 3.44. The largest absolute Gasteiger partial charge is 0.313 e. The Hall–Kier alpha value is -0.170. The van der Waals surface area contributed by atoms with Gasteiger partial charge in [0.1, 0.15) is 0 Å². The third-order valence-electron chi connectivity index (χ3n) is 4.02. The number of piperidine rings is 2. The highest BCUT2D eigenvalue weighted by atomic mass is 32.2. The van der Waals surface area contributed by atoms with Gasteiger partial charge in [0.25, 0.3) is 10.2 Å². The summed E-state index contributed by atoms with van der Waals surface area (Å²) in [7, 11) is -3.31. The number of nitrogens with one attached hydrogen (secondary N) is 2. The maximum atomic E-state index is 12.3. The molecule has 2 N–H and O–H groups in total. The lowest BCUT2D eigenvalue weighted by Gasteiger charge is -2.35. The molecule has 3 unspecified atom stereocenters. The maximum Gasteiger partial charge on any atom is 0.279 e. The van der Waals surface area contributed by atoms with Crippen LogP contribution < -0.4 is 10.0 Å². The van der Waals surface area contributed by atoms with E-state index in [0.717, 1.165) is 32.2 Å². The van der Waals surface area contributed by atoms with Gasteiger partial charge in [-0.2, -0.15) is 17.4 Å². The van der Waals surface area contributed by atoms with Gasteiger partial charge < -0.3 is 5.32 Å². The topological polar surface area (TPSA) is 61.4 Å². The summed E-state index contributed by atoms with van der Waals surface area (Å²) >= 11 is 0. The fraction of sp³-hybridized carbons (Fsp3) is 1.00. The van der Waals surface area contributed by atoms with Gasteiger partial charge in [0.15, 0.2) is 0 Å². The predicted molar refractivity (Wildman–Crippen MR) is 72.5 cm³/mol. The molecule has 0 aromatic rings. The van der Waals surface area contributed by atoms with Gasteiger partial charge in [0.05, 0.1) is 0 Å². The van der Waals surface area contributed by atoms with Crippen molar-refractivity contribution in [3.63, 3.8) is 0 Å². The van der Waals surface area contributed by atoms with Crippen LogP contribution in [0, 0.1) is 5.92 Å². The quantitative estimate of drug-likeness (QED) is 0.797. The summed E-state index contributed by atoms with van der Waals surface area (Å²) in [6.45, 7) is 6.47. The first kappa shape index (κ1) is 14.2. The predicted octanol–water partition coefficient (Wildman–Crippen LogP) is 0.693. The van der Waals surface area contributed by atoms with E-state index in [4.69, 9.17) is 0 Å². The molecule has 2 fully saturated rings. The zero-order valence-electron chi connectivity index (χ0n) is 11.4. The summed E-state index contributed by atoms with van der Waals surface area (Å²) in [5.74, 6) is 0.470. The Kier molecular flexibility index (Phi) is 4.64. The van der Waals surface area contributed by atoms with Gasteiger partial charge in [-0.3, -0.25) is 0 Å². The first-order valence-corrected chi connectivity index (χ1v) is 8.44. The number of nitrogens with zero attached hydrogens (tertiary/aromatic N) is 1. The van der Waals surface area contributed by atoms with E-state index in [1.165, 1.54) is 0 Å². The lowest BCUT2D eigenvalue weighted by molar-refractivity contribution is 0.270. The minimum absolute atomic E-state index is 0.0287. The van der Waals surface area contributed by atoms with E-state index in [2.05, 4.69) is 17.0 Å². The Labute approximate surface area is 110 Å². The van der Waals surface area contributed by atoms with E-state index >= 15 is 0 Å². The van der Waals surface area contributed by atoms with E-state index in [9.17, 15) is 8.42 Å². The second kappa shape index (κ2) is 5.86. The van der Waals surface area contributed by atoms with Gasteiger partial charge in [-0.1, -0.05) is 6.92 Å². The molecule has 0 aromatic carbocycles. The van der Waals surface area contributed by atoms with Crippen LogP contribution in [-0.2, 0) is 10.2 Å². The van der Waals surface area contributed by atoms with Crippen molar-refractivity contribution < 1.29 is 8.42 Å². The molecule has 0 saturated carbocycles. The molecule has 2 aliphatic heterocycles. The summed E-state index contributed by atoms with van der Waals surface area (Å²) in [6, 6.07) is 0.247. The van der Waals surface area contributed by atoms with Gasteiger partial charge in [-0.05, 0) is 45.1 Å². The third-order valence-corrected chi connectivity index (χ3v) is 5.63. The van der Waals surface area contributed by atoms with Crippen molar-refractivity contribution in [2.75, 3.05) is 19.6 Å². The maximum absolute atomic E-state index is 12.3. The Morgan fingerprint density at radius 3 is 2.67 bits per heavy atom. The number of hydrogen-bond acceptors (Lipinski definition) is 3. The smallest absolute Gasteiger partial charge is 0.279 e. The van der Waals surface area contributed by atoms with E-state index in [0.29, 0.717) is 19.0 Å². The lowest BCUT2D eigenvalue weighted by atomic mass is 10.0. The van der Waals surface area contributed by atoms with E-state index in [1.54, 1.807) is 4.31 Å². The van der Waals surface area contributed by atoms with Crippen LogP contribution in [0.15, 0.2) is 0 Å². The summed E-state index contributed by atoms with van der Waals surface area (Å²) in [5, 5.41) is 3.32. The van der Waals surface area contributed by atoms with Crippen molar-refractivity contribution in [1.82, 2.24) is 14.3 Å². The van der Waals surface area contributed by atoms with E-state index in [1.807, 2.05) is 6.92 Å². The van der Waals surface area contributed by atoms with Crippen LogP contribution in [0.25, 0.3) is 0 Å². The van der Waals surface area contributed by atoms with Crippen molar-refractivity contribution in [3.05, 3.63) is 0 Å². The molecule has 0 aromatic heterocycles. The Morgan fingerprint density at radius 2 is 2.00 bits per heavy atom. The first-order chi connectivity index (χ1) is 8.49. The molecule has 2 heterocycles. The highest BCUT2D eigenvalue weighted by Crippen LogP contribution is 2.19. The molecule has 5 nitrogen and oxygen atoms in total. The van der Waals surface area contributed by atoms with E-state index in [-0.39, 0.29) is 12.1 Å². The van der Waals surface area contributed by atoms with Crippen LogP contribution >= 0.6 is 0 Å². The monoisotopic (exact) mass is 275 g/mol. The molecule has 2 saturated heterocycles. The van der Waals surface area contributed by atoms with Crippen molar-refractivity contribution in [1.29, 1.82) is 0 Å². The summed E-state index contributed by atoms with van der Waals surface area (Å²) in [4.78, 5) is 0. The molecule has 0 amide bonds. The molecule has 2 rings (SSSR count). The van der Waals surface area contributed by atoms with E-state index < -0.39 is 10.2 Å². The normalized spacial score (nSPS) is 35.6. The molecule has 3 atom stereocenters. The molecule has 18 heavy (non-hydrogen) atoms. The van der Waals surface area contributed by atoms with Crippen LogP contribution in [0.3, 0.4) is 0 Å². The highest BCUT2D eigenvalue weighted by Gasteiger charge is 2.31. The van der Waals surface area contributed by atoms with Crippen molar-refractivity contribution in [2.45, 2.75) is 51.6 Å². The molecule has 106 valence electrons. The summed E-state index contributed by atoms with van der Waals surface area (Å²) in [5.41, 5.74) is 0. The lowest BCUT2D eigenvalue weighted by Crippen LogP contribution is -2.56. The fourth-order valence-corrected chi connectivity index (χ4v) is 4.51. The van der Waals surface area contributed by atoms with Crippen molar-refractivity contribution in [2.24, 2.45) is 5.92 Å². The molecule has 0 bridgehead atoms. The fourth-order valence-electron chi connectivity index (χ4n) is 2.84. The molecule has 6 heteroatoms. The zero-order valence-corrected chi connectivity index (χ0v) is 12.2. The molecule has 0 aliphatic carbocycles. The Morgan fingerprint density at radius 1 is 1.22 bits per heavy atom. The first-order valence-electron chi connectivity index (χ1n) is 7.00. The number of rotatable bonds is 3. The van der Waals surface area contributed by atoms with Crippen LogP contribution in [0.1, 0.15) is 39.5 Å². The second-order valence-electron chi connectivity index (χ2n) is 5.72. The second-order valence-corrected chi connectivity index (χ2v) is 7.42. The molecule has 2 aliphatic rings. The van der Waals surface area contributed by atoms with Crippen LogP contribution in [-0.4, -0.2) is 44.4 Å². The molecular weight excluding hydrogens is 250 g/mol. The van der Waals surface area contributed by atoms with Crippen LogP contribution in [0.5, 0.6) is 0 Å². The SMILES string of the molecule is CC1CCCN(S(=O)(=O)NC2CCCNC2C)C1. The average molecular weight is 275 g/mol. The van der Waals surface area contributed by atoms with Gasteiger partial charge in [-0.25, -0.2) is 0 Å². The van der Waals surface area contributed by atoms with Crippen LogP contribution in [0.4, 0.5) is 0 Å². The van der Waals surface area contributed by atoms with Crippen molar-refractivity contribution in [3.8, 4) is 0 Å². The van der Waals surface area contributed by atoms with Crippen LogP contribution in [0.2, 0.25) is 0 Å². The number of hydrogen-bond donors (Lipinski definition) is 2. The standard InChI is InChI=1S/C12H25N3O2S/c1-10-5-4-8-15(9-10)18(16,17)14-12-6-3-7-13-11(12)2/h10-14H,3-9H2,1-2H3. The summed E-state index contributed by atoms with van der Waals surface area (Å²) in [6.07, 6.45) is 4.07. The Bertz CT molecular complexity index is 372.